The van der Waals surface area contributed by atoms with Gasteiger partial charge in [0.2, 0.25) is 15.9 Å². The molecule has 112 valence electrons. The number of nitrogens with one attached hydrogen (secondary N) is 1. The zero-order valence-corrected chi connectivity index (χ0v) is 13.1. The molecule has 0 fully saturated rings. The van der Waals surface area contributed by atoms with Crippen molar-refractivity contribution in [3.05, 3.63) is 23.2 Å². The lowest BCUT2D eigenvalue weighted by Gasteiger charge is -2.21. The smallest absolute Gasteiger partial charge is 0.223 e. The van der Waals surface area contributed by atoms with E-state index in [1.165, 1.54) is 18.9 Å². The fourth-order valence-corrected chi connectivity index (χ4v) is 2.35. The third kappa shape index (κ3) is 4.99. The highest BCUT2D eigenvalue weighted by atomic mass is 35.5. The van der Waals surface area contributed by atoms with Crippen LogP contribution in [0.1, 0.15) is 6.92 Å². The van der Waals surface area contributed by atoms with Crippen LogP contribution in [-0.2, 0) is 14.8 Å². The average Bonchev–Trinajstić information content (AvgIpc) is 2.33. The molecule has 0 saturated carbocycles. The number of sulfonamides is 1. The number of rotatable bonds is 6. The van der Waals surface area contributed by atoms with Crippen LogP contribution in [0.25, 0.3) is 0 Å². The van der Waals surface area contributed by atoms with Crippen LogP contribution in [0.15, 0.2) is 18.2 Å². The molecule has 0 heterocycles. The Morgan fingerprint density at radius 2 is 2.10 bits per heavy atom. The molecule has 8 heteroatoms. The van der Waals surface area contributed by atoms with Crippen molar-refractivity contribution in [2.45, 2.75) is 6.92 Å². The minimum Gasteiger partial charge on any atom is -0.495 e. The zero-order valence-electron chi connectivity index (χ0n) is 11.5. The number of ether oxygens (including phenoxy) is 1. The topological polar surface area (TPSA) is 75.7 Å². The van der Waals surface area contributed by atoms with E-state index in [1.54, 1.807) is 18.2 Å². The van der Waals surface area contributed by atoms with E-state index in [4.69, 9.17) is 16.3 Å². The number of amides is 1. The first kappa shape index (κ1) is 16.7. The quantitative estimate of drug-likeness (QED) is 0.856. The van der Waals surface area contributed by atoms with Crippen molar-refractivity contribution in [2.75, 3.05) is 31.4 Å². The van der Waals surface area contributed by atoms with Gasteiger partial charge in [0.1, 0.15) is 5.75 Å². The van der Waals surface area contributed by atoms with Gasteiger partial charge in [0, 0.05) is 25.7 Å². The van der Waals surface area contributed by atoms with Gasteiger partial charge in [0.15, 0.2) is 0 Å². The molecule has 0 aliphatic rings. The van der Waals surface area contributed by atoms with Gasteiger partial charge in [-0.25, -0.2) is 13.1 Å². The minimum absolute atomic E-state index is 0.127. The largest absolute Gasteiger partial charge is 0.495 e. The summed E-state index contributed by atoms with van der Waals surface area (Å²) in [6.45, 7) is 1.74. The normalized spacial score (nSPS) is 11.2. The summed E-state index contributed by atoms with van der Waals surface area (Å²) in [6.07, 6.45) is 1.06. The number of benzene rings is 1. The number of hydrogen-bond donors (Lipinski definition) is 1. The molecule has 0 spiro atoms. The lowest BCUT2D eigenvalue weighted by molar-refractivity contribution is -0.116. The second kappa shape index (κ2) is 6.92. The lowest BCUT2D eigenvalue weighted by atomic mass is 10.2. The molecule has 1 rings (SSSR count). The van der Waals surface area contributed by atoms with Crippen LogP contribution in [0, 0.1) is 0 Å². The first-order valence-electron chi connectivity index (χ1n) is 5.81. The molecule has 0 radical (unpaired) electrons. The number of hydrogen-bond acceptors (Lipinski definition) is 4. The van der Waals surface area contributed by atoms with Gasteiger partial charge in [0.25, 0.3) is 0 Å². The SMILES string of the molecule is COc1ccc(N(CCNS(C)(=O)=O)C(C)=O)cc1Cl. The van der Waals surface area contributed by atoms with Crippen LogP contribution < -0.4 is 14.4 Å². The van der Waals surface area contributed by atoms with E-state index in [9.17, 15) is 13.2 Å². The summed E-state index contributed by atoms with van der Waals surface area (Å²) < 4.78 is 29.4. The van der Waals surface area contributed by atoms with Crippen molar-refractivity contribution >= 4 is 33.2 Å². The Bertz CT molecular complexity index is 589. The summed E-state index contributed by atoms with van der Waals surface area (Å²) in [5, 5.41) is 0.382. The molecule has 6 nitrogen and oxygen atoms in total. The Morgan fingerprint density at radius 3 is 2.55 bits per heavy atom. The number of halogens is 1. The summed E-state index contributed by atoms with van der Waals surface area (Å²) in [5.74, 6) is 0.301. The van der Waals surface area contributed by atoms with Crippen molar-refractivity contribution in [3.8, 4) is 5.75 Å². The highest BCUT2D eigenvalue weighted by molar-refractivity contribution is 7.88. The summed E-state index contributed by atoms with van der Waals surface area (Å²) in [7, 11) is -1.78. The lowest BCUT2D eigenvalue weighted by Crippen LogP contribution is -2.37. The van der Waals surface area contributed by atoms with Gasteiger partial charge in [-0.2, -0.15) is 0 Å². The maximum Gasteiger partial charge on any atom is 0.223 e. The fraction of sp³-hybridized carbons (Fsp3) is 0.417. The Labute approximate surface area is 123 Å². The van der Waals surface area contributed by atoms with Crippen LogP contribution >= 0.6 is 11.6 Å². The summed E-state index contributed by atoms with van der Waals surface area (Å²) in [4.78, 5) is 13.1. The predicted molar refractivity (Wildman–Crippen MR) is 78.9 cm³/mol. The molecular weight excluding hydrogens is 304 g/mol. The Hall–Kier alpha value is -1.31. The van der Waals surface area contributed by atoms with E-state index >= 15 is 0 Å². The molecular formula is C12H17ClN2O4S. The Kier molecular flexibility index (Phi) is 5.79. The molecule has 1 N–H and O–H groups in total. The monoisotopic (exact) mass is 320 g/mol. The standard InChI is InChI=1S/C12H17ClN2O4S/c1-9(16)15(7-6-14-20(3,17)18)10-4-5-12(19-2)11(13)8-10/h4-5,8,14H,6-7H2,1-3H3. The van der Waals surface area contributed by atoms with Crippen molar-refractivity contribution < 1.29 is 17.9 Å². The molecule has 0 bridgehead atoms. The Morgan fingerprint density at radius 1 is 1.45 bits per heavy atom. The second-order valence-corrected chi connectivity index (χ2v) is 6.40. The summed E-state index contributed by atoms with van der Waals surface area (Å²) in [6, 6.07) is 4.94. The number of nitrogens with zero attached hydrogens (tertiary/aromatic N) is 1. The molecule has 0 saturated heterocycles. The minimum atomic E-state index is -3.28. The Balaban J connectivity index is 2.86. The van der Waals surface area contributed by atoms with E-state index in [0.717, 1.165) is 6.26 Å². The van der Waals surface area contributed by atoms with Crippen LogP contribution in [0.4, 0.5) is 5.69 Å². The number of methoxy groups -OCH3 is 1. The van der Waals surface area contributed by atoms with E-state index in [2.05, 4.69) is 4.72 Å². The second-order valence-electron chi connectivity index (χ2n) is 4.16. The third-order valence-electron chi connectivity index (χ3n) is 2.53. The maximum absolute atomic E-state index is 11.6. The molecule has 20 heavy (non-hydrogen) atoms. The van der Waals surface area contributed by atoms with E-state index in [0.29, 0.717) is 16.5 Å². The van der Waals surface area contributed by atoms with Gasteiger partial charge in [0.05, 0.1) is 18.4 Å². The van der Waals surface area contributed by atoms with Gasteiger partial charge < -0.3 is 9.64 Å². The molecule has 0 atom stereocenters. The van der Waals surface area contributed by atoms with Crippen molar-refractivity contribution in [1.29, 1.82) is 0 Å². The van der Waals surface area contributed by atoms with Crippen molar-refractivity contribution in [3.63, 3.8) is 0 Å². The molecule has 1 aromatic rings. The highest BCUT2D eigenvalue weighted by Crippen LogP contribution is 2.29. The van der Waals surface area contributed by atoms with E-state index in [1.807, 2.05) is 0 Å². The highest BCUT2D eigenvalue weighted by Gasteiger charge is 2.14. The van der Waals surface area contributed by atoms with Crippen LogP contribution in [-0.4, -0.2) is 40.8 Å². The van der Waals surface area contributed by atoms with Gasteiger partial charge in [-0.05, 0) is 18.2 Å². The van der Waals surface area contributed by atoms with Crippen LogP contribution in [0.3, 0.4) is 0 Å². The number of carbonyl (C=O) groups excluding carboxylic acids is 1. The van der Waals surface area contributed by atoms with E-state index in [-0.39, 0.29) is 19.0 Å². The van der Waals surface area contributed by atoms with Crippen LogP contribution in [0.2, 0.25) is 5.02 Å². The average molecular weight is 321 g/mol. The van der Waals surface area contributed by atoms with Gasteiger partial charge in [-0.3, -0.25) is 4.79 Å². The van der Waals surface area contributed by atoms with Crippen molar-refractivity contribution in [2.24, 2.45) is 0 Å². The molecule has 1 amide bonds. The first-order chi connectivity index (χ1) is 9.24. The van der Waals surface area contributed by atoms with E-state index < -0.39 is 10.0 Å². The van der Waals surface area contributed by atoms with Gasteiger partial charge >= 0.3 is 0 Å². The first-order valence-corrected chi connectivity index (χ1v) is 8.08. The molecule has 1 aromatic carbocycles. The van der Waals surface area contributed by atoms with Gasteiger partial charge in [-0.15, -0.1) is 0 Å². The van der Waals surface area contributed by atoms with Gasteiger partial charge in [-0.1, -0.05) is 11.6 Å². The number of carbonyl (C=O) groups is 1. The number of anilines is 1. The summed E-state index contributed by atoms with van der Waals surface area (Å²) >= 11 is 6.01. The molecule has 0 unspecified atom stereocenters. The maximum atomic E-state index is 11.6. The molecule has 0 aliphatic heterocycles. The van der Waals surface area contributed by atoms with Crippen molar-refractivity contribution in [1.82, 2.24) is 4.72 Å². The zero-order chi connectivity index (χ0) is 15.3. The van der Waals surface area contributed by atoms with Crippen LogP contribution in [0.5, 0.6) is 5.75 Å². The predicted octanol–water partition coefficient (Wildman–Crippen LogP) is 1.25. The fourth-order valence-electron chi connectivity index (χ4n) is 1.63. The molecule has 0 aromatic heterocycles. The molecule has 0 aliphatic carbocycles. The third-order valence-corrected chi connectivity index (χ3v) is 3.55. The summed E-state index contributed by atoms with van der Waals surface area (Å²) in [5.41, 5.74) is 0.582.